The van der Waals surface area contributed by atoms with E-state index >= 15 is 0 Å². The molecule has 0 aliphatic carbocycles. The first-order chi connectivity index (χ1) is 7.65. The van der Waals surface area contributed by atoms with Crippen LogP contribution >= 0.6 is 11.3 Å². The standard InChI is InChI=1S/C10H8F2N2OS/c11-8-2-1-7(3-9(8)12)15-4-6-5-16-10(13)14-6/h1-3,5H,4H2,(H2,13,14). The van der Waals surface area contributed by atoms with E-state index in [9.17, 15) is 8.78 Å². The normalized spacial score (nSPS) is 10.4. The number of nitrogen functional groups attached to an aromatic ring is 1. The van der Waals surface area contributed by atoms with Crippen LogP contribution in [0.25, 0.3) is 0 Å². The van der Waals surface area contributed by atoms with Gasteiger partial charge in [0.25, 0.3) is 0 Å². The lowest BCUT2D eigenvalue weighted by atomic mass is 10.3. The fraction of sp³-hybridized carbons (Fsp3) is 0.100. The molecule has 1 heterocycles. The zero-order valence-electron chi connectivity index (χ0n) is 8.11. The molecular weight excluding hydrogens is 234 g/mol. The average molecular weight is 242 g/mol. The Bertz CT molecular complexity index is 501. The number of hydrogen-bond donors (Lipinski definition) is 1. The van der Waals surface area contributed by atoms with Gasteiger partial charge in [0.15, 0.2) is 16.8 Å². The summed E-state index contributed by atoms with van der Waals surface area (Å²) in [7, 11) is 0. The molecule has 0 saturated heterocycles. The Labute approximate surface area is 94.5 Å². The fourth-order valence-corrected chi connectivity index (χ4v) is 1.66. The zero-order valence-corrected chi connectivity index (χ0v) is 8.93. The van der Waals surface area contributed by atoms with Crippen LogP contribution in [0.4, 0.5) is 13.9 Å². The van der Waals surface area contributed by atoms with E-state index in [4.69, 9.17) is 10.5 Å². The Hall–Kier alpha value is -1.69. The van der Waals surface area contributed by atoms with Crippen LogP contribution in [0.1, 0.15) is 5.69 Å². The van der Waals surface area contributed by atoms with Crippen LogP contribution in [0.3, 0.4) is 0 Å². The SMILES string of the molecule is Nc1nc(COc2ccc(F)c(F)c2)cs1. The summed E-state index contributed by atoms with van der Waals surface area (Å²) in [5.74, 6) is -1.58. The molecule has 0 radical (unpaired) electrons. The second-order valence-electron chi connectivity index (χ2n) is 3.04. The molecule has 2 rings (SSSR count). The molecule has 0 aliphatic heterocycles. The van der Waals surface area contributed by atoms with Gasteiger partial charge in [-0.15, -0.1) is 11.3 Å². The number of nitrogens with zero attached hydrogens (tertiary/aromatic N) is 1. The van der Waals surface area contributed by atoms with Gasteiger partial charge in [0.2, 0.25) is 0 Å². The van der Waals surface area contributed by atoms with E-state index in [1.165, 1.54) is 17.4 Å². The lowest BCUT2D eigenvalue weighted by molar-refractivity contribution is 0.299. The number of rotatable bonds is 3. The van der Waals surface area contributed by atoms with Crippen LogP contribution in [0.2, 0.25) is 0 Å². The number of ether oxygens (including phenoxy) is 1. The highest BCUT2D eigenvalue weighted by Crippen LogP contribution is 2.18. The van der Waals surface area contributed by atoms with Crippen molar-refractivity contribution in [2.75, 3.05) is 5.73 Å². The maximum Gasteiger partial charge on any atom is 0.180 e. The van der Waals surface area contributed by atoms with E-state index in [0.717, 1.165) is 12.1 Å². The van der Waals surface area contributed by atoms with E-state index in [1.54, 1.807) is 5.38 Å². The first-order valence-electron chi connectivity index (χ1n) is 4.43. The van der Waals surface area contributed by atoms with Crippen molar-refractivity contribution in [1.29, 1.82) is 0 Å². The van der Waals surface area contributed by atoms with Crippen LogP contribution in [0.15, 0.2) is 23.6 Å². The fourth-order valence-electron chi connectivity index (χ4n) is 1.11. The summed E-state index contributed by atoms with van der Waals surface area (Å²) in [6, 6.07) is 3.36. The summed E-state index contributed by atoms with van der Waals surface area (Å²) in [4.78, 5) is 3.97. The lowest BCUT2D eigenvalue weighted by Crippen LogP contribution is -1.97. The van der Waals surface area contributed by atoms with Gasteiger partial charge in [-0.25, -0.2) is 13.8 Å². The Morgan fingerprint density at radius 1 is 1.31 bits per heavy atom. The number of aromatic nitrogens is 1. The number of nitrogens with two attached hydrogens (primary N) is 1. The topological polar surface area (TPSA) is 48.1 Å². The molecule has 2 N–H and O–H groups in total. The van der Waals surface area contributed by atoms with Gasteiger partial charge >= 0.3 is 0 Å². The minimum Gasteiger partial charge on any atom is -0.487 e. The summed E-state index contributed by atoms with van der Waals surface area (Å²) in [5.41, 5.74) is 6.09. The van der Waals surface area contributed by atoms with E-state index < -0.39 is 11.6 Å². The van der Waals surface area contributed by atoms with Crippen molar-refractivity contribution in [2.24, 2.45) is 0 Å². The molecule has 6 heteroatoms. The summed E-state index contributed by atoms with van der Waals surface area (Å²) < 4.78 is 30.7. The summed E-state index contributed by atoms with van der Waals surface area (Å²) >= 11 is 1.30. The van der Waals surface area contributed by atoms with Crippen LogP contribution in [0, 0.1) is 11.6 Å². The number of benzene rings is 1. The van der Waals surface area contributed by atoms with E-state index in [1.807, 2.05) is 0 Å². The third-order valence-electron chi connectivity index (χ3n) is 1.85. The van der Waals surface area contributed by atoms with Crippen LogP contribution in [0.5, 0.6) is 5.75 Å². The highest BCUT2D eigenvalue weighted by atomic mass is 32.1. The Morgan fingerprint density at radius 3 is 2.75 bits per heavy atom. The second kappa shape index (κ2) is 4.44. The second-order valence-corrected chi connectivity index (χ2v) is 3.93. The molecule has 0 fully saturated rings. The molecule has 0 unspecified atom stereocenters. The van der Waals surface area contributed by atoms with Crippen molar-refractivity contribution in [1.82, 2.24) is 4.98 Å². The van der Waals surface area contributed by atoms with Gasteiger partial charge < -0.3 is 10.5 Å². The van der Waals surface area contributed by atoms with Gasteiger partial charge in [-0.3, -0.25) is 0 Å². The molecule has 1 aromatic carbocycles. The molecule has 2 aromatic rings. The summed E-state index contributed by atoms with van der Waals surface area (Å²) in [6.07, 6.45) is 0. The number of hydrogen-bond acceptors (Lipinski definition) is 4. The Balaban J connectivity index is 2.02. The molecule has 0 atom stereocenters. The smallest absolute Gasteiger partial charge is 0.180 e. The number of anilines is 1. The highest BCUT2D eigenvalue weighted by Gasteiger charge is 2.04. The van der Waals surface area contributed by atoms with E-state index in [0.29, 0.717) is 10.8 Å². The molecule has 16 heavy (non-hydrogen) atoms. The molecule has 1 aromatic heterocycles. The summed E-state index contributed by atoms with van der Waals surface area (Å²) in [6.45, 7) is 0.179. The largest absolute Gasteiger partial charge is 0.487 e. The molecule has 0 bridgehead atoms. The van der Waals surface area contributed by atoms with Crippen LogP contribution in [-0.4, -0.2) is 4.98 Å². The third-order valence-corrected chi connectivity index (χ3v) is 2.57. The van der Waals surface area contributed by atoms with E-state index in [-0.39, 0.29) is 12.4 Å². The lowest BCUT2D eigenvalue weighted by Gasteiger charge is -2.04. The van der Waals surface area contributed by atoms with Gasteiger partial charge in [0, 0.05) is 11.4 Å². The van der Waals surface area contributed by atoms with Crippen molar-refractivity contribution in [2.45, 2.75) is 6.61 Å². The van der Waals surface area contributed by atoms with Crippen molar-refractivity contribution >= 4 is 16.5 Å². The zero-order chi connectivity index (χ0) is 11.5. The summed E-state index contributed by atoms with van der Waals surface area (Å²) in [5, 5.41) is 2.19. The van der Waals surface area contributed by atoms with Gasteiger partial charge in [0.05, 0.1) is 5.69 Å². The average Bonchev–Trinajstić information content (AvgIpc) is 2.66. The predicted molar refractivity (Wildman–Crippen MR) is 57.2 cm³/mol. The van der Waals surface area contributed by atoms with Crippen LogP contribution in [-0.2, 0) is 6.61 Å². The first-order valence-corrected chi connectivity index (χ1v) is 5.31. The molecule has 0 aliphatic rings. The van der Waals surface area contributed by atoms with Crippen molar-refractivity contribution in [3.63, 3.8) is 0 Å². The van der Waals surface area contributed by atoms with Gasteiger partial charge in [-0.2, -0.15) is 0 Å². The molecule has 0 saturated carbocycles. The molecule has 3 nitrogen and oxygen atoms in total. The van der Waals surface area contributed by atoms with Crippen molar-refractivity contribution in [3.05, 3.63) is 40.9 Å². The molecule has 84 valence electrons. The first kappa shape index (κ1) is 10.8. The molecule has 0 spiro atoms. The minimum absolute atomic E-state index is 0.179. The maximum atomic E-state index is 12.8. The van der Waals surface area contributed by atoms with Crippen LogP contribution < -0.4 is 10.5 Å². The molecular formula is C10H8F2N2OS. The quantitative estimate of drug-likeness (QED) is 0.899. The van der Waals surface area contributed by atoms with Gasteiger partial charge in [-0.05, 0) is 12.1 Å². The monoisotopic (exact) mass is 242 g/mol. The maximum absolute atomic E-state index is 12.8. The third kappa shape index (κ3) is 2.46. The molecule has 0 amide bonds. The Morgan fingerprint density at radius 2 is 2.12 bits per heavy atom. The number of halogens is 2. The van der Waals surface area contributed by atoms with Crippen molar-refractivity contribution < 1.29 is 13.5 Å². The van der Waals surface area contributed by atoms with Crippen molar-refractivity contribution in [3.8, 4) is 5.75 Å². The Kier molecular flexibility index (Phi) is 3.00. The van der Waals surface area contributed by atoms with Gasteiger partial charge in [0.1, 0.15) is 12.4 Å². The van der Waals surface area contributed by atoms with E-state index in [2.05, 4.69) is 4.98 Å². The van der Waals surface area contributed by atoms with Gasteiger partial charge in [-0.1, -0.05) is 0 Å². The number of thiazole rings is 1. The minimum atomic E-state index is -0.935. The highest BCUT2D eigenvalue weighted by molar-refractivity contribution is 7.13. The predicted octanol–water partition coefficient (Wildman–Crippen LogP) is 2.58.